The smallest absolute Gasteiger partial charge is 0.217 e. The maximum absolute atomic E-state index is 10.9. The van der Waals surface area contributed by atoms with Crippen molar-refractivity contribution in [2.24, 2.45) is 11.8 Å². The number of hydrogen-bond acceptors (Lipinski definition) is 4. The molecule has 4 heteroatoms. The molecule has 1 aliphatic heterocycles. The van der Waals surface area contributed by atoms with E-state index in [0.29, 0.717) is 11.8 Å². The molecule has 0 aromatic carbocycles. The summed E-state index contributed by atoms with van der Waals surface area (Å²) < 4.78 is 5.35. The van der Waals surface area contributed by atoms with Gasteiger partial charge in [-0.15, -0.1) is 0 Å². The van der Waals surface area contributed by atoms with Crippen molar-refractivity contribution in [1.82, 2.24) is 9.88 Å². The molecule has 2 aliphatic rings. The summed E-state index contributed by atoms with van der Waals surface area (Å²) in [6.45, 7) is 5.07. The molecule has 0 amide bonds. The molecule has 1 aromatic heterocycles. The summed E-state index contributed by atoms with van der Waals surface area (Å²) in [5.74, 6) is 1.79. The molecule has 0 bridgehead atoms. The summed E-state index contributed by atoms with van der Waals surface area (Å²) in [5.41, 5.74) is 0.690. The third kappa shape index (κ3) is 2.79. The number of likely N-dealkylation sites (tertiary alicyclic amines) is 1. The molecular formula is C17H26N2O2. The highest BCUT2D eigenvalue weighted by Gasteiger charge is 2.47. The van der Waals surface area contributed by atoms with Crippen LogP contribution in [0.4, 0.5) is 0 Å². The largest absolute Gasteiger partial charge is 0.481 e. The molecule has 4 nitrogen and oxygen atoms in total. The van der Waals surface area contributed by atoms with Crippen LogP contribution in [0.1, 0.15) is 38.2 Å². The first-order chi connectivity index (χ1) is 10.2. The second kappa shape index (κ2) is 5.93. The Kier molecular flexibility index (Phi) is 4.18. The number of hydrogen-bond donors (Lipinski definition) is 1. The van der Waals surface area contributed by atoms with Crippen LogP contribution in [0.2, 0.25) is 0 Å². The summed E-state index contributed by atoms with van der Waals surface area (Å²) in [7, 11) is 1.67. The van der Waals surface area contributed by atoms with Crippen LogP contribution in [-0.4, -0.2) is 40.8 Å². The third-order valence-electron chi connectivity index (χ3n) is 5.44. The van der Waals surface area contributed by atoms with Gasteiger partial charge in [0.15, 0.2) is 0 Å². The molecule has 116 valence electrons. The van der Waals surface area contributed by atoms with Crippen LogP contribution in [0, 0.1) is 11.8 Å². The van der Waals surface area contributed by atoms with Crippen LogP contribution >= 0.6 is 0 Å². The second-order valence-corrected chi connectivity index (χ2v) is 6.58. The molecule has 3 atom stereocenters. The molecule has 1 aliphatic carbocycles. The van der Waals surface area contributed by atoms with Crippen molar-refractivity contribution in [2.45, 2.75) is 44.8 Å². The molecule has 3 rings (SSSR count). The van der Waals surface area contributed by atoms with Gasteiger partial charge in [0.1, 0.15) is 0 Å². The summed E-state index contributed by atoms with van der Waals surface area (Å²) in [6.07, 6.45) is 6.03. The molecule has 2 heterocycles. The fourth-order valence-corrected chi connectivity index (χ4v) is 4.25. The first-order valence-corrected chi connectivity index (χ1v) is 8.09. The fourth-order valence-electron chi connectivity index (χ4n) is 4.25. The normalized spacial score (nSPS) is 32.9. The molecule has 1 saturated carbocycles. The lowest BCUT2D eigenvalue weighted by Crippen LogP contribution is -2.44. The van der Waals surface area contributed by atoms with Crippen LogP contribution in [0.3, 0.4) is 0 Å². The zero-order valence-electron chi connectivity index (χ0n) is 13.1. The Bertz CT molecular complexity index is 493. The maximum Gasteiger partial charge on any atom is 0.217 e. The number of aliphatic hydroxyl groups is 1. The Morgan fingerprint density at radius 2 is 2.33 bits per heavy atom. The Hall–Kier alpha value is -1.13. The molecule has 0 unspecified atom stereocenters. The SMILES string of the molecule is CC[C@]1(O)CCC[C@H]2CN(Cc3cccnc3OC)C[C@H]21. The van der Waals surface area contributed by atoms with Crippen molar-refractivity contribution >= 4 is 0 Å². The summed E-state index contributed by atoms with van der Waals surface area (Å²) in [4.78, 5) is 6.74. The van der Waals surface area contributed by atoms with Gasteiger partial charge in [-0.2, -0.15) is 0 Å². The molecule has 0 spiro atoms. The second-order valence-electron chi connectivity index (χ2n) is 6.58. The lowest BCUT2D eigenvalue weighted by molar-refractivity contribution is -0.0613. The predicted molar refractivity (Wildman–Crippen MR) is 82.1 cm³/mol. The molecule has 21 heavy (non-hydrogen) atoms. The van der Waals surface area contributed by atoms with Crippen LogP contribution in [0.15, 0.2) is 18.3 Å². The van der Waals surface area contributed by atoms with E-state index in [2.05, 4.69) is 22.9 Å². The minimum Gasteiger partial charge on any atom is -0.481 e. The van der Waals surface area contributed by atoms with E-state index in [9.17, 15) is 5.11 Å². The first kappa shape index (κ1) is 14.8. The monoisotopic (exact) mass is 290 g/mol. The predicted octanol–water partition coefficient (Wildman–Crippen LogP) is 2.46. The summed E-state index contributed by atoms with van der Waals surface area (Å²) >= 11 is 0. The van der Waals surface area contributed by atoms with Gasteiger partial charge < -0.3 is 9.84 Å². The van der Waals surface area contributed by atoms with Crippen molar-refractivity contribution in [3.05, 3.63) is 23.9 Å². The Morgan fingerprint density at radius 3 is 3.10 bits per heavy atom. The van der Waals surface area contributed by atoms with Gasteiger partial charge in [0.2, 0.25) is 5.88 Å². The van der Waals surface area contributed by atoms with Gasteiger partial charge in [0.25, 0.3) is 0 Å². The third-order valence-corrected chi connectivity index (χ3v) is 5.44. The van der Waals surface area contributed by atoms with Crippen LogP contribution < -0.4 is 4.74 Å². The van der Waals surface area contributed by atoms with Gasteiger partial charge in [-0.05, 0) is 31.2 Å². The van der Waals surface area contributed by atoms with E-state index in [0.717, 1.165) is 50.3 Å². The quantitative estimate of drug-likeness (QED) is 0.925. The number of pyridine rings is 1. The van der Waals surface area contributed by atoms with E-state index in [1.54, 1.807) is 13.3 Å². The number of rotatable bonds is 4. The molecule has 1 aromatic rings. The highest BCUT2D eigenvalue weighted by atomic mass is 16.5. The average molecular weight is 290 g/mol. The fraction of sp³-hybridized carbons (Fsp3) is 0.706. The van der Waals surface area contributed by atoms with E-state index in [-0.39, 0.29) is 0 Å². The minimum atomic E-state index is -0.448. The number of aromatic nitrogens is 1. The van der Waals surface area contributed by atoms with Gasteiger partial charge in [0.05, 0.1) is 12.7 Å². The van der Waals surface area contributed by atoms with Gasteiger partial charge >= 0.3 is 0 Å². The van der Waals surface area contributed by atoms with Crippen molar-refractivity contribution in [3.8, 4) is 5.88 Å². The molecule has 2 fully saturated rings. The lowest BCUT2D eigenvalue weighted by Gasteiger charge is -2.40. The van der Waals surface area contributed by atoms with Gasteiger partial charge in [0, 0.05) is 37.3 Å². The standard InChI is InChI=1S/C17H26N2O2/c1-3-17(20)8-4-6-13-10-19(12-15(13)17)11-14-7-5-9-18-16(14)21-2/h5,7,9,13,15,20H,3-4,6,8,10-12H2,1-2H3/t13-,15+,17-/m0/s1. The minimum absolute atomic E-state index is 0.430. The highest BCUT2D eigenvalue weighted by Crippen LogP contribution is 2.44. The van der Waals surface area contributed by atoms with E-state index >= 15 is 0 Å². The van der Waals surface area contributed by atoms with Crippen LogP contribution in [0.25, 0.3) is 0 Å². The summed E-state index contributed by atoms with van der Waals surface area (Å²) in [6, 6.07) is 4.04. The maximum atomic E-state index is 10.9. The van der Waals surface area contributed by atoms with E-state index in [4.69, 9.17) is 4.74 Å². The number of nitrogens with zero attached hydrogens (tertiary/aromatic N) is 2. The first-order valence-electron chi connectivity index (χ1n) is 8.09. The topological polar surface area (TPSA) is 45.6 Å². The molecule has 0 radical (unpaired) electrons. The summed E-state index contributed by atoms with van der Waals surface area (Å²) in [5, 5.41) is 10.9. The zero-order valence-corrected chi connectivity index (χ0v) is 13.1. The zero-order chi connectivity index (χ0) is 14.9. The Morgan fingerprint density at radius 1 is 1.48 bits per heavy atom. The van der Waals surface area contributed by atoms with Crippen molar-refractivity contribution < 1.29 is 9.84 Å². The molecule has 1 N–H and O–H groups in total. The number of ether oxygens (including phenoxy) is 1. The Balaban J connectivity index is 1.72. The van der Waals surface area contributed by atoms with Gasteiger partial charge in [-0.1, -0.05) is 19.4 Å². The van der Waals surface area contributed by atoms with Gasteiger partial charge in [-0.3, -0.25) is 4.90 Å². The molecule has 1 saturated heterocycles. The van der Waals surface area contributed by atoms with E-state index < -0.39 is 5.60 Å². The van der Waals surface area contributed by atoms with Crippen molar-refractivity contribution in [1.29, 1.82) is 0 Å². The van der Waals surface area contributed by atoms with Crippen molar-refractivity contribution in [3.63, 3.8) is 0 Å². The molecular weight excluding hydrogens is 264 g/mol. The van der Waals surface area contributed by atoms with Crippen LogP contribution in [0.5, 0.6) is 5.88 Å². The van der Waals surface area contributed by atoms with E-state index in [1.165, 1.54) is 6.42 Å². The van der Waals surface area contributed by atoms with Crippen LogP contribution in [-0.2, 0) is 6.54 Å². The number of fused-ring (bicyclic) bond motifs is 1. The van der Waals surface area contributed by atoms with E-state index in [1.807, 2.05) is 6.07 Å². The highest BCUT2D eigenvalue weighted by molar-refractivity contribution is 5.25. The average Bonchev–Trinajstić information content (AvgIpc) is 2.92. The number of methoxy groups -OCH3 is 1. The van der Waals surface area contributed by atoms with Crippen molar-refractivity contribution in [2.75, 3.05) is 20.2 Å². The lowest BCUT2D eigenvalue weighted by atomic mass is 9.69. The van der Waals surface area contributed by atoms with Gasteiger partial charge in [-0.25, -0.2) is 4.98 Å². The Labute approximate surface area is 127 Å².